The number of hydrogen-bond donors (Lipinski definition) is 1. The van der Waals surface area contributed by atoms with Crippen molar-refractivity contribution >= 4 is 12.1 Å². The first-order chi connectivity index (χ1) is 17.6. The number of likely N-dealkylation sites (tertiary alicyclic amines) is 1. The van der Waals surface area contributed by atoms with Crippen LogP contribution in [0.3, 0.4) is 0 Å². The molecule has 196 valence electrons. The van der Waals surface area contributed by atoms with Crippen molar-refractivity contribution in [2.45, 2.75) is 46.1 Å². The molecule has 4 rings (SSSR count). The van der Waals surface area contributed by atoms with Crippen LogP contribution >= 0.6 is 0 Å². The Bertz CT molecular complexity index is 1230. The van der Waals surface area contributed by atoms with Crippen LogP contribution in [0.2, 0.25) is 0 Å². The molecule has 1 aromatic heterocycles. The number of benzene rings is 2. The number of aromatic nitrogens is 1. The predicted octanol–water partition coefficient (Wildman–Crippen LogP) is 5.38. The van der Waals surface area contributed by atoms with Crippen LogP contribution in [-0.4, -0.2) is 52.4 Å². The topological polar surface area (TPSA) is 102 Å². The van der Waals surface area contributed by atoms with Gasteiger partial charge >= 0.3 is 12.1 Å². The van der Waals surface area contributed by atoms with Gasteiger partial charge in [0.2, 0.25) is 5.89 Å². The summed E-state index contributed by atoms with van der Waals surface area (Å²) in [5.41, 5.74) is 2.12. The van der Waals surface area contributed by atoms with Crippen molar-refractivity contribution in [3.8, 4) is 17.2 Å². The van der Waals surface area contributed by atoms with Gasteiger partial charge in [-0.3, -0.25) is 4.79 Å². The highest BCUT2D eigenvalue weighted by molar-refractivity contribution is 5.74. The third-order valence-corrected chi connectivity index (χ3v) is 6.33. The zero-order valence-electron chi connectivity index (χ0n) is 21.8. The van der Waals surface area contributed by atoms with Gasteiger partial charge < -0.3 is 23.9 Å². The quantitative estimate of drug-likeness (QED) is 0.437. The molecule has 8 nitrogen and oxygen atoms in total. The monoisotopic (exact) mass is 506 g/mol. The number of amides is 1. The molecular formula is C29H34N2O6. The average molecular weight is 507 g/mol. The first-order valence-electron chi connectivity index (χ1n) is 12.5. The number of ether oxygens (including phenoxy) is 2. The zero-order valence-corrected chi connectivity index (χ0v) is 21.8. The second kappa shape index (κ2) is 11.1. The van der Waals surface area contributed by atoms with Crippen LogP contribution in [-0.2, 0) is 22.4 Å². The van der Waals surface area contributed by atoms with E-state index in [4.69, 9.17) is 13.9 Å². The van der Waals surface area contributed by atoms with Gasteiger partial charge in [0.15, 0.2) is 0 Å². The van der Waals surface area contributed by atoms with Crippen molar-refractivity contribution in [2.75, 3.05) is 19.7 Å². The summed E-state index contributed by atoms with van der Waals surface area (Å²) in [5, 5.41) is 9.75. The third kappa shape index (κ3) is 6.90. The molecule has 1 amide bonds. The van der Waals surface area contributed by atoms with Gasteiger partial charge in [0.05, 0.1) is 18.2 Å². The van der Waals surface area contributed by atoms with E-state index < -0.39 is 23.6 Å². The van der Waals surface area contributed by atoms with Crippen LogP contribution in [0.1, 0.15) is 37.8 Å². The molecule has 2 aromatic carbocycles. The molecular weight excluding hydrogens is 472 g/mol. The number of rotatable bonds is 8. The normalized spacial score (nSPS) is 17.6. The molecule has 0 saturated carbocycles. The summed E-state index contributed by atoms with van der Waals surface area (Å²) in [6, 6.07) is 17.4. The van der Waals surface area contributed by atoms with Crippen molar-refractivity contribution < 1.29 is 28.6 Å². The van der Waals surface area contributed by atoms with Crippen molar-refractivity contribution in [1.82, 2.24) is 9.88 Å². The van der Waals surface area contributed by atoms with Gasteiger partial charge in [-0.05, 0) is 69.9 Å². The van der Waals surface area contributed by atoms with E-state index in [0.29, 0.717) is 37.6 Å². The van der Waals surface area contributed by atoms with Crippen LogP contribution in [0.25, 0.3) is 11.5 Å². The van der Waals surface area contributed by atoms with Gasteiger partial charge in [-0.15, -0.1) is 0 Å². The van der Waals surface area contributed by atoms with E-state index in [-0.39, 0.29) is 12.5 Å². The molecule has 0 radical (unpaired) electrons. The van der Waals surface area contributed by atoms with E-state index >= 15 is 0 Å². The minimum absolute atomic E-state index is 0.146. The van der Waals surface area contributed by atoms with Crippen molar-refractivity contribution in [3.05, 3.63) is 71.6 Å². The summed E-state index contributed by atoms with van der Waals surface area (Å²) in [5.74, 6) is 0.310. The molecule has 1 N–H and O–H groups in total. The molecule has 2 heterocycles. The Hall–Kier alpha value is -3.81. The molecule has 0 bridgehead atoms. The van der Waals surface area contributed by atoms with Crippen LogP contribution in [0, 0.1) is 18.8 Å². The highest BCUT2D eigenvalue weighted by atomic mass is 16.6. The second-order valence-electron chi connectivity index (χ2n) is 10.4. The van der Waals surface area contributed by atoms with Gasteiger partial charge in [0.1, 0.15) is 17.1 Å². The number of aliphatic carboxylic acids is 1. The minimum Gasteiger partial charge on any atom is -0.493 e. The lowest BCUT2D eigenvalue weighted by Gasteiger charge is -2.24. The molecule has 1 aliphatic rings. The number of oxazole rings is 1. The highest BCUT2D eigenvalue weighted by Crippen LogP contribution is 2.30. The second-order valence-corrected chi connectivity index (χ2v) is 10.4. The van der Waals surface area contributed by atoms with Crippen molar-refractivity contribution in [1.29, 1.82) is 0 Å². The van der Waals surface area contributed by atoms with Crippen LogP contribution < -0.4 is 4.74 Å². The Labute approximate surface area is 217 Å². The molecule has 37 heavy (non-hydrogen) atoms. The molecule has 1 aliphatic heterocycles. The van der Waals surface area contributed by atoms with Gasteiger partial charge in [0, 0.05) is 25.1 Å². The summed E-state index contributed by atoms with van der Waals surface area (Å²) in [7, 11) is 0. The molecule has 1 fully saturated rings. The Balaban J connectivity index is 1.35. The fourth-order valence-electron chi connectivity index (χ4n) is 4.53. The van der Waals surface area contributed by atoms with E-state index in [1.165, 1.54) is 4.90 Å². The summed E-state index contributed by atoms with van der Waals surface area (Å²) >= 11 is 0. The molecule has 8 heteroatoms. The number of carbonyl (C=O) groups is 2. The van der Waals surface area contributed by atoms with Crippen LogP contribution in [0.15, 0.2) is 59.0 Å². The minimum atomic E-state index is -0.902. The number of hydrogen-bond acceptors (Lipinski definition) is 6. The zero-order chi connectivity index (χ0) is 26.6. The van der Waals surface area contributed by atoms with E-state index in [1.807, 2.05) is 61.5 Å². The van der Waals surface area contributed by atoms with E-state index in [1.54, 1.807) is 20.8 Å². The highest BCUT2D eigenvalue weighted by Gasteiger charge is 2.41. The molecule has 0 spiro atoms. The van der Waals surface area contributed by atoms with Gasteiger partial charge in [-0.1, -0.05) is 30.3 Å². The first kappa shape index (κ1) is 26.3. The van der Waals surface area contributed by atoms with E-state index in [0.717, 1.165) is 22.6 Å². The molecule has 3 aromatic rings. The van der Waals surface area contributed by atoms with Gasteiger partial charge in [-0.2, -0.15) is 0 Å². The average Bonchev–Trinajstić information content (AvgIpc) is 3.43. The first-order valence-corrected chi connectivity index (χ1v) is 12.5. The van der Waals surface area contributed by atoms with Crippen molar-refractivity contribution in [3.63, 3.8) is 0 Å². The molecule has 0 unspecified atom stereocenters. The lowest BCUT2D eigenvalue weighted by Crippen LogP contribution is -2.36. The lowest BCUT2D eigenvalue weighted by molar-refractivity contribution is -0.142. The maximum atomic E-state index is 12.5. The van der Waals surface area contributed by atoms with Crippen molar-refractivity contribution in [2.24, 2.45) is 11.8 Å². The Kier molecular flexibility index (Phi) is 7.86. The Morgan fingerprint density at radius 2 is 1.86 bits per heavy atom. The standard InChI is InChI=1S/C29H34N2O6/c1-19-25(30-26(36-19)21-10-6-5-7-11-21)13-14-35-23-12-8-9-20(16-23)15-22-17-31(18-24(22)27(32)33)28(34)37-29(2,3)4/h5-12,16,22,24H,13-15,17-18H2,1-4H3,(H,32,33)/t22-,24+/m1/s1. The summed E-state index contributed by atoms with van der Waals surface area (Å²) in [6.45, 7) is 8.20. The summed E-state index contributed by atoms with van der Waals surface area (Å²) in [6.07, 6.45) is 0.647. The smallest absolute Gasteiger partial charge is 0.410 e. The summed E-state index contributed by atoms with van der Waals surface area (Å²) in [4.78, 5) is 30.5. The van der Waals surface area contributed by atoms with E-state index in [2.05, 4.69) is 4.98 Å². The summed E-state index contributed by atoms with van der Waals surface area (Å²) < 4.78 is 17.3. The maximum absolute atomic E-state index is 12.5. The number of carboxylic acid groups (broad SMARTS) is 1. The third-order valence-electron chi connectivity index (χ3n) is 6.33. The van der Waals surface area contributed by atoms with Crippen LogP contribution in [0.4, 0.5) is 4.79 Å². The molecule has 1 saturated heterocycles. The SMILES string of the molecule is Cc1oc(-c2ccccc2)nc1CCOc1cccc(C[C@@H]2CN(C(=O)OC(C)(C)C)C[C@@H]2C(=O)O)c1. The van der Waals surface area contributed by atoms with Gasteiger partial charge in [0.25, 0.3) is 0 Å². The van der Waals surface area contributed by atoms with Crippen LogP contribution in [0.5, 0.6) is 5.75 Å². The molecule has 2 atom stereocenters. The largest absolute Gasteiger partial charge is 0.493 e. The maximum Gasteiger partial charge on any atom is 0.410 e. The molecule has 0 aliphatic carbocycles. The predicted molar refractivity (Wildman–Crippen MR) is 138 cm³/mol. The van der Waals surface area contributed by atoms with Gasteiger partial charge in [-0.25, -0.2) is 9.78 Å². The fraction of sp³-hybridized carbons (Fsp3) is 0.414. The number of aryl methyl sites for hydroxylation is 1. The number of carbonyl (C=O) groups excluding carboxylic acids is 1. The lowest BCUT2D eigenvalue weighted by atomic mass is 9.90. The Morgan fingerprint density at radius 1 is 1.11 bits per heavy atom. The number of nitrogens with zero attached hydrogens (tertiary/aromatic N) is 2. The van der Waals surface area contributed by atoms with E-state index in [9.17, 15) is 14.7 Å². The Morgan fingerprint density at radius 3 is 2.57 bits per heavy atom. The number of carboxylic acids is 1. The fourth-order valence-corrected chi connectivity index (χ4v) is 4.53.